The van der Waals surface area contributed by atoms with E-state index in [9.17, 15) is 24.8 Å². The molecular formula is C17H17N3O6S. The van der Waals surface area contributed by atoms with Crippen LogP contribution in [0.5, 0.6) is 0 Å². The number of nitro groups is 1. The number of anilines is 1. The number of morpholine rings is 1. The number of ether oxygens (including phenoxy) is 1. The summed E-state index contributed by atoms with van der Waals surface area (Å²) >= 11 is 1.28. The van der Waals surface area contributed by atoms with Gasteiger partial charge in [0.25, 0.3) is 5.69 Å². The van der Waals surface area contributed by atoms with Gasteiger partial charge >= 0.3 is 5.97 Å². The Kier molecular flexibility index (Phi) is 4.11. The zero-order valence-electron chi connectivity index (χ0n) is 14.7. The molecule has 1 fully saturated rings. The largest absolute Gasteiger partial charge is 0.477 e. The van der Waals surface area contributed by atoms with Gasteiger partial charge in [0.05, 0.1) is 38.9 Å². The third kappa shape index (κ3) is 2.76. The normalized spacial score (nSPS) is 21.6. The highest BCUT2D eigenvalue weighted by Crippen LogP contribution is 2.40. The summed E-state index contributed by atoms with van der Waals surface area (Å²) in [6.45, 7) is 4.80. The quantitative estimate of drug-likeness (QED) is 0.626. The predicted molar refractivity (Wildman–Crippen MR) is 99.9 cm³/mol. The Morgan fingerprint density at radius 1 is 1.33 bits per heavy atom. The lowest BCUT2D eigenvalue weighted by molar-refractivity contribution is -0.384. The smallest absolute Gasteiger partial charge is 0.342 e. The predicted octanol–water partition coefficient (Wildman–Crippen LogP) is 2.28. The van der Waals surface area contributed by atoms with E-state index in [1.165, 1.54) is 17.8 Å². The van der Waals surface area contributed by atoms with Gasteiger partial charge in [-0.15, -0.1) is 0 Å². The van der Waals surface area contributed by atoms with Crippen LogP contribution in [0.3, 0.4) is 0 Å². The molecule has 142 valence electrons. The van der Waals surface area contributed by atoms with E-state index in [0.29, 0.717) is 35.2 Å². The van der Waals surface area contributed by atoms with Crippen molar-refractivity contribution in [3.8, 4) is 0 Å². The molecule has 1 N–H and O–H groups in total. The molecule has 3 heterocycles. The molecule has 2 atom stereocenters. The van der Waals surface area contributed by atoms with Crippen LogP contribution in [0.25, 0.3) is 10.9 Å². The van der Waals surface area contributed by atoms with Gasteiger partial charge in [-0.2, -0.15) is 0 Å². The van der Waals surface area contributed by atoms with Crippen molar-refractivity contribution in [2.24, 2.45) is 0 Å². The molecule has 0 saturated carbocycles. The molecule has 9 nitrogen and oxygen atoms in total. The Bertz CT molecular complexity index is 1040. The fourth-order valence-corrected chi connectivity index (χ4v) is 4.69. The third-order valence-corrected chi connectivity index (χ3v) is 5.90. The topological polar surface area (TPSA) is 115 Å². The number of rotatable bonds is 3. The van der Waals surface area contributed by atoms with Crippen LogP contribution >= 0.6 is 11.8 Å². The minimum atomic E-state index is -1.32. The van der Waals surface area contributed by atoms with E-state index in [4.69, 9.17) is 4.74 Å². The summed E-state index contributed by atoms with van der Waals surface area (Å²) in [4.78, 5) is 37.2. The van der Waals surface area contributed by atoms with Gasteiger partial charge in [-0.1, -0.05) is 11.8 Å². The van der Waals surface area contributed by atoms with Gasteiger partial charge in [-0.25, -0.2) is 4.79 Å². The summed E-state index contributed by atoms with van der Waals surface area (Å²) in [6.07, 6.45) is -0.167. The van der Waals surface area contributed by atoms with Crippen molar-refractivity contribution in [3.63, 3.8) is 0 Å². The van der Waals surface area contributed by atoms with Crippen molar-refractivity contribution in [1.29, 1.82) is 0 Å². The van der Waals surface area contributed by atoms with Gasteiger partial charge in [0.15, 0.2) is 0 Å². The van der Waals surface area contributed by atoms with Crippen LogP contribution in [0.4, 0.5) is 11.4 Å². The van der Waals surface area contributed by atoms with Crippen LogP contribution in [0.2, 0.25) is 0 Å². The lowest BCUT2D eigenvalue weighted by Gasteiger charge is -2.36. The summed E-state index contributed by atoms with van der Waals surface area (Å²) in [5, 5.41) is 21.5. The zero-order chi connectivity index (χ0) is 19.5. The van der Waals surface area contributed by atoms with Gasteiger partial charge in [0.1, 0.15) is 11.3 Å². The molecule has 1 aromatic carbocycles. The Hall–Kier alpha value is -2.59. The molecule has 0 radical (unpaired) electrons. The van der Waals surface area contributed by atoms with Crippen molar-refractivity contribution in [3.05, 3.63) is 38.0 Å². The molecule has 2 aliphatic rings. The highest BCUT2D eigenvalue weighted by molar-refractivity contribution is 7.99. The lowest BCUT2D eigenvalue weighted by Crippen LogP contribution is -2.45. The van der Waals surface area contributed by atoms with Gasteiger partial charge < -0.3 is 19.3 Å². The number of benzene rings is 1. The van der Waals surface area contributed by atoms with Crippen molar-refractivity contribution in [2.75, 3.05) is 18.0 Å². The second kappa shape index (κ2) is 6.24. The van der Waals surface area contributed by atoms with Crippen LogP contribution in [-0.2, 0) is 10.6 Å². The number of fused-ring (bicyclic) bond motifs is 3. The average Bonchev–Trinajstić information content (AvgIpc) is 2.55. The number of hydrogen-bond acceptors (Lipinski definition) is 7. The molecule has 27 heavy (non-hydrogen) atoms. The Morgan fingerprint density at radius 3 is 2.52 bits per heavy atom. The lowest BCUT2D eigenvalue weighted by atomic mass is 10.1. The van der Waals surface area contributed by atoms with Crippen LogP contribution in [-0.4, -0.2) is 45.9 Å². The molecule has 1 aromatic heterocycles. The first-order chi connectivity index (χ1) is 12.8. The van der Waals surface area contributed by atoms with Gasteiger partial charge in [-0.3, -0.25) is 14.9 Å². The second-order valence-corrected chi connectivity index (χ2v) is 7.73. The molecule has 10 heteroatoms. The summed E-state index contributed by atoms with van der Waals surface area (Å²) < 4.78 is 7.43. The monoisotopic (exact) mass is 391 g/mol. The number of nitrogens with zero attached hydrogens (tertiary/aromatic N) is 3. The second-order valence-electron chi connectivity index (χ2n) is 6.79. The summed E-state index contributed by atoms with van der Waals surface area (Å²) in [5.41, 5.74) is -0.275. The number of carbonyl (C=O) groups is 1. The maximum atomic E-state index is 12.7. The summed E-state index contributed by atoms with van der Waals surface area (Å²) in [7, 11) is 0. The van der Waals surface area contributed by atoms with Gasteiger partial charge in [0, 0.05) is 19.2 Å². The SMILES string of the molecule is CC1CN(c2cc3c(cc2[N+](=O)[O-])c(=O)c(C(=O)O)c2n3CS2)CC(C)O1. The number of pyridine rings is 1. The van der Waals surface area contributed by atoms with Crippen LogP contribution in [0, 0.1) is 10.1 Å². The Morgan fingerprint density at radius 2 is 2.00 bits per heavy atom. The molecule has 2 unspecified atom stereocenters. The maximum absolute atomic E-state index is 12.7. The molecule has 2 aromatic rings. The van der Waals surface area contributed by atoms with Crippen molar-refractivity contribution in [2.45, 2.75) is 37.0 Å². The Labute approximate surface area is 157 Å². The average molecular weight is 391 g/mol. The van der Waals surface area contributed by atoms with Crippen LogP contribution < -0.4 is 10.3 Å². The molecule has 0 bridgehead atoms. The van der Waals surface area contributed by atoms with Crippen molar-refractivity contribution < 1.29 is 19.6 Å². The number of thioether (sulfide) groups is 1. The van der Waals surface area contributed by atoms with E-state index in [1.54, 1.807) is 10.6 Å². The number of aromatic nitrogens is 1. The van der Waals surface area contributed by atoms with Gasteiger partial charge in [-0.05, 0) is 19.9 Å². The fourth-order valence-electron chi connectivity index (χ4n) is 3.75. The van der Waals surface area contributed by atoms with E-state index in [2.05, 4.69) is 0 Å². The number of hydrogen-bond donors (Lipinski definition) is 1. The van der Waals surface area contributed by atoms with E-state index >= 15 is 0 Å². The standard InChI is InChI=1S/C17H17N3O6S/c1-8-5-18(6-9(2)26-8)12-4-11-10(3-13(12)20(24)25)15(21)14(17(22)23)16-19(11)7-27-16/h3-4,8-9H,5-7H2,1-2H3,(H,22,23). The minimum absolute atomic E-state index is 0.0567. The van der Waals surface area contributed by atoms with Crippen LogP contribution in [0.1, 0.15) is 24.2 Å². The molecule has 2 aliphatic heterocycles. The maximum Gasteiger partial charge on any atom is 0.342 e. The molecule has 0 aliphatic carbocycles. The van der Waals surface area contributed by atoms with E-state index in [-0.39, 0.29) is 28.8 Å². The van der Waals surface area contributed by atoms with Crippen molar-refractivity contribution >= 4 is 40.0 Å². The first-order valence-electron chi connectivity index (χ1n) is 8.43. The van der Waals surface area contributed by atoms with Crippen LogP contribution in [0.15, 0.2) is 22.0 Å². The Balaban J connectivity index is 1.98. The molecule has 0 spiro atoms. The highest BCUT2D eigenvalue weighted by atomic mass is 32.2. The molecule has 1 saturated heterocycles. The molecular weight excluding hydrogens is 374 g/mol. The number of aromatic carboxylic acids is 1. The fraction of sp³-hybridized carbons (Fsp3) is 0.412. The number of nitro benzene ring substituents is 1. The molecule has 4 rings (SSSR count). The van der Waals surface area contributed by atoms with E-state index in [1.807, 2.05) is 18.7 Å². The zero-order valence-corrected chi connectivity index (χ0v) is 15.5. The van der Waals surface area contributed by atoms with Gasteiger partial charge in [0.2, 0.25) is 5.43 Å². The molecule has 0 amide bonds. The highest BCUT2D eigenvalue weighted by Gasteiger charge is 2.32. The number of carboxylic acids is 1. The van der Waals surface area contributed by atoms with E-state index in [0.717, 1.165) is 0 Å². The first-order valence-corrected chi connectivity index (χ1v) is 9.42. The first kappa shape index (κ1) is 17.8. The summed E-state index contributed by atoms with van der Waals surface area (Å²) in [5.74, 6) is -0.820. The third-order valence-electron chi connectivity index (χ3n) is 4.82. The summed E-state index contributed by atoms with van der Waals surface area (Å²) in [6, 6.07) is 2.84. The van der Waals surface area contributed by atoms with Crippen molar-refractivity contribution in [1.82, 2.24) is 4.57 Å². The minimum Gasteiger partial charge on any atom is -0.477 e. The van der Waals surface area contributed by atoms with E-state index < -0.39 is 16.3 Å². The number of carboxylic acid groups (broad SMARTS) is 1.